The van der Waals surface area contributed by atoms with Crippen LogP contribution in [0.4, 0.5) is 5.69 Å². The third-order valence-corrected chi connectivity index (χ3v) is 5.18. The molecule has 1 amide bonds. The second kappa shape index (κ2) is 7.39. The first-order valence-corrected chi connectivity index (χ1v) is 9.55. The van der Waals surface area contributed by atoms with Crippen LogP contribution >= 0.6 is 0 Å². The lowest BCUT2D eigenvalue weighted by molar-refractivity contribution is 0.101. The van der Waals surface area contributed by atoms with Crippen LogP contribution in [-0.4, -0.2) is 10.5 Å². The molecule has 142 valence electrons. The second-order valence-corrected chi connectivity index (χ2v) is 7.44. The molecule has 4 heteroatoms. The van der Waals surface area contributed by atoms with Crippen molar-refractivity contribution in [1.29, 1.82) is 0 Å². The van der Waals surface area contributed by atoms with Crippen LogP contribution in [-0.2, 0) is 6.54 Å². The summed E-state index contributed by atoms with van der Waals surface area (Å²) in [5.74, 6) is 0.320. The Morgan fingerprint density at radius 3 is 2.54 bits per heavy atom. The normalized spacial score (nSPS) is 11.3. The number of nitrogens with zero attached hydrogens (tertiary/aromatic N) is 1. The van der Waals surface area contributed by atoms with E-state index in [4.69, 9.17) is 4.42 Å². The van der Waals surface area contributed by atoms with Gasteiger partial charge in [0.2, 0.25) is 0 Å². The van der Waals surface area contributed by atoms with Gasteiger partial charge in [-0.05, 0) is 41.7 Å². The van der Waals surface area contributed by atoms with Gasteiger partial charge in [0.15, 0.2) is 5.58 Å². The minimum Gasteiger partial charge on any atom is -0.463 e. The van der Waals surface area contributed by atoms with Crippen molar-refractivity contribution in [2.24, 2.45) is 0 Å². The minimum atomic E-state index is -0.141. The number of hydrogen-bond acceptors (Lipinski definition) is 2. The molecule has 4 nitrogen and oxygen atoms in total. The molecule has 0 unspecified atom stereocenters. The van der Waals surface area contributed by atoms with Crippen molar-refractivity contribution in [3.8, 4) is 0 Å². The maximum absolute atomic E-state index is 13.0. The molecule has 0 bridgehead atoms. The van der Waals surface area contributed by atoms with Crippen LogP contribution in [0.15, 0.2) is 71.3 Å². The molecular formula is C24H24N2O2. The number of anilines is 1. The number of amides is 1. The van der Waals surface area contributed by atoms with E-state index in [1.165, 1.54) is 16.7 Å². The van der Waals surface area contributed by atoms with Gasteiger partial charge in [-0.2, -0.15) is 0 Å². The van der Waals surface area contributed by atoms with Crippen LogP contribution < -0.4 is 5.32 Å². The number of aromatic nitrogens is 1. The van der Waals surface area contributed by atoms with Crippen molar-refractivity contribution in [2.45, 2.75) is 33.2 Å². The summed E-state index contributed by atoms with van der Waals surface area (Å²) in [6.07, 6.45) is 1.66. The van der Waals surface area contributed by atoms with Crippen LogP contribution in [0.5, 0.6) is 0 Å². The Bertz CT molecular complexity index is 1120. The van der Waals surface area contributed by atoms with Gasteiger partial charge in [0, 0.05) is 24.4 Å². The Hall–Kier alpha value is -3.27. The van der Waals surface area contributed by atoms with Crippen LogP contribution in [0, 0.1) is 6.92 Å². The zero-order chi connectivity index (χ0) is 19.7. The van der Waals surface area contributed by atoms with Crippen molar-refractivity contribution in [2.75, 3.05) is 5.32 Å². The van der Waals surface area contributed by atoms with E-state index >= 15 is 0 Å². The van der Waals surface area contributed by atoms with E-state index in [0.29, 0.717) is 23.7 Å². The number of nitrogens with one attached hydrogen (secondary N) is 1. The van der Waals surface area contributed by atoms with Gasteiger partial charge >= 0.3 is 0 Å². The molecule has 0 fully saturated rings. The zero-order valence-corrected chi connectivity index (χ0v) is 16.4. The van der Waals surface area contributed by atoms with Crippen molar-refractivity contribution < 1.29 is 9.21 Å². The molecule has 4 rings (SSSR count). The first-order valence-electron chi connectivity index (χ1n) is 9.55. The number of aryl methyl sites for hydroxylation is 1. The van der Waals surface area contributed by atoms with Gasteiger partial charge in [0.25, 0.3) is 5.91 Å². The van der Waals surface area contributed by atoms with E-state index in [1.54, 1.807) is 6.26 Å². The summed E-state index contributed by atoms with van der Waals surface area (Å²) in [6.45, 7) is 7.01. The largest absolute Gasteiger partial charge is 0.463 e. The Labute approximate surface area is 164 Å². The molecule has 0 aliphatic rings. The van der Waals surface area contributed by atoms with Gasteiger partial charge in [-0.3, -0.25) is 4.79 Å². The van der Waals surface area contributed by atoms with Crippen molar-refractivity contribution in [1.82, 2.24) is 4.57 Å². The van der Waals surface area contributed by atoms with E-state index in [9.17, 15) is 4.79 Å². The summed E-state index contributed by atoms with van der Waals surface area (Å²) in [5, 5.41) is 3.01. The Kier molecular flexibility index (Phi) is 4.78. The topological polar surface area (TPSA) is 47.2 Å². The third kappa shape index (κ3) is 3.46. The molecule has 0 aliphatic heterocycles. The summed E-state index contributed by atoms with van der Waals surface area (Å²) in [7, 11) is 0. The van der Waals surface area contributed by atoms with Gasteiger partial charge in [-0.25, -0.2) is 0 Å². The van der Waals surface area contributed by atoms with Crippen LogP contribution in [0.1, 0.15) is 46.9 Å². The monoisotopic (exact) mass is 372 g/mol. The van der Waals surface area contributed by atoms with E-state index < -0.39 is 0 Å². The molecule has 0 saturated heterocycles. The number of benzene rings is 2. The molecule has 2 aromatic heterocycles. The van der Waals surface area contributed by atoms with Crippen molar-refractivity contribution >= 4 is 22.7 Å². The number of hydrogen-bond donors (Lipinski definition) is 1. The standard InChI is InChI=1S/C24H24N2O2/c1-16(2)18-8-10-20(11-9-18)25-24(27)22-14-23-21(12-13-28-23)26(22)15-19-7-5-4-6-17(19)3/h4-14,16H,15H2,1-3H3,(H,25,27). The minimum absolute atomic E-state index is 0.141. The average molecular weight is 372 g/mol. The predicted octanol–water partition coefficient (Wildman–Crippen LogP) is 5.97. The molecule has 0 atom stereocenters. The number of carbonyl (C=O) groups is 1. The average Bonchev–Trinajstić information content (AvgIpc) is 3.26. The summed E-state index contributed by atoms with van der Waals surface area (Å²) < 4.78 is 7.56. The highest BCUT2D eigenvalue weighted by molar-refractivity contribution is 6.05. The number of furan rings is 1. The summed E-state index contributed by atoms with van der Waals surface area (Å²) in [6, 6.07) is 19.9. The highest BCUT2D eigenvalue weighted by Gasteiger charge is 2.18. The number of fused-ring (bicyclic) bond motifs is 1. The molecule has 28 heavy (non-hydrogen) atoms. The molecule has 0 spiro atoms. The quantitative estimate of drug-likeness (QED) is 0.469. The van der Waals surface area contributed by atoms with E-state index in [-0.39, 0.29) is 5.91 Å². The SMILES string of the molecule is Cc1ccccc1Cn1c(C(=O)Nc2ccc(C(C)C)cc2)cc2occc21. The summed E-state index contributed by atoms with van der Waals surface area (Å²) in [4.78, 5) is 13.0. The third-order valence-electron chi connectivity index (χ3n) is 5.18. The zero-order valence-electron chi connectivity index (χ0n) is 16.4. The molecule has 2 aromatic carbocycles. The van der Waals surface area contributed by atoms with E-state index in [2.05, 4.69) is 50.4 Å². The smallest absolute Gasteiger partial charge is 0.272 e. The van der Waals surface area contributed by atoms with Crippen molar-refractivity contribution in [3.63, 3.8) is 0 Å². The molecule has 0 aliphatic carbocycles. The number of carbonyl (C=O) groups excluding carboxylic acids is 1. The van der Waals surface area contributed by atoms with Gasteiger partial charge in [-0.1, -0.05) is 50.2 Å². The molecule has 1 N–H and O–H groups in total. The Morgan fingerprint density at radius 1 is 1.07 bits per heavy atom. The van der Waals surface area contributed by atoms with Gasteiger partial charge in [-0.15, -0.1) is 0 Å². The Morgan fingerprint density at radius 2 is 1.82 bits per heavy atom. The Balaban J connectivity index is 1.65. The lowest BCUT2D eigenvalue weighted by Gasteiger charge is -2.13. The van der Waals surface area contributed by atoms with Crippen molar-refractivity contribution in [3.05, 3.63) is 89.3 Å². The maximum atomic E-state index is 13.0. The fraction of sp³-hybridized carbons (Fsp3) is 0.208. The van der Waals surface area contributed by atoms with Crippen LogP contribution in [0.25, 0.3) is 11.1 Å². The maximum Gasteiger partial charge on any atom is 0.272 e. The fourth-order valence-corrected chi connectivity index (χ4v) is 3.44. The van der Waals surface area contributed by atoms with Gasteiger partial charge in [0.1, 0.15) is 5.69 Å². The molecule has 2 heterocycles. The lowest BCUT2D eigenvalue weighted by Crippen LogP contribution is -2.17. The van der Waals surface area contributed by atoms with Gasteiger partial charge in [0.05, 0.1) is 11.8 Å². The summed E-state index contributed by atoms with van der Waals surface area (Å²) in [5.41, 5.74) is 6.64. The molecule has 0 radical (unpaired) electrons. The fourth-order valence-electron chi connectivity index (χ4n) is 3.44. The first-order chi connectivity index (χ1) is 13.5. The highest BCUT2D eigenvalue weighted by Crippen LogP contribution is 2.25. The second-order valence-electron chi connectivity index (χ2n) is 7.44. The molecular weight excluding hydrogens is 348 g/mol. The van der Waals surface area contributed by atoms with Crippen LogP contribution in [0.3, 0.4) is 0 Å². The van der Waals surface area contributed by atoms with E-state index in [1.807, 2.05) is 41.0 Å². The predicted molar refractivity (Wildman–Crippen MR) is 113 cm³/mol. The molecule has 4 aromatic rings. The molecule has 0 saturated carbocycles. The highest BCUT2D eigenvalue weighted by atomic mass is 16.3. The first kappa shape index (κ1) is 18.1. The van der Waals surface area contributed by atoms with Gasteiger partial charge < -0.3 is 14.3 Å². The lowest BCUT2D eigenvalue weighted by atomic mass is 10.0. The van der Waals surface area contributed by atoms with Crippen LogP contribution in [0.2, 0.25) is 0 Å². The summed E-state index contributed by atoms with van der Waals surface area (Å²) >= 11 is 0. The number of rotatable bonds is 5. The van der Waals surface area contributed by atoms with E-state index in [0.717, 1.165) is 11.2 Å².